The van der Waals surface area contributed by atoms with Crippen LogP contribution in [0.1, 0.15) is 26.7 Å². The Kier molecular flexibility index (Phi) is 4.09. The zero-order valence-corrected chi connectivity index (χ0v) is 12.7. The van der Waals surface area contributed by atoms with Crippen molar-refractivity contribution in [2.75, 3.05) is 5.73 Å². The second-order valence-corrected chi connectivity index (χ2v) is 6.07. The van der Waals surface area contributed by atoms with Crippen molar-refractivity contribution in [1.82, 2.24) is 9.55 Å². The molecule has 0 unspecified atom stereocenters. The molecule has 0 amide bonds. The number of nitrogens with two attached hydrogens (primary N) is 1. The lowest BCUT2D eigenvalue weighted by atomic mass is 10.1. The fourth-order valence-corrected chi connectivity index (χ4v) is 2.48. The van der Waals surface area contributed by atoms with Crippen LogP contribution in [0.25, 0.3) is 11.0 Å². The molecule has 1 aromatic heterocycles. The summed E-state index contributed by atoms with van der Waals surface area (Å²) in [4.78, 5) is 4.28. The van der Waals surface area contributed by atoms with Gasteiger partial charge in [-0.3, -0.25) is 0 Å². The van der Waals surface area contributed by atoms with E-state index in [0.717, 1.165) is 30.4 Å². The van der Waals surface area contributed by atoms with E-state index in [1.807, 2.05) is 27.2 Å². The maximum Gasteiger partial charge on any atom is 0.201 e. The van der Waals surface area contributed by atoms with Crippen molar-refractivity contribution in [2.24, 2.45) is 5.92 Å². The summed E-state index contributed by atoms with van der Waals surface area (Å²) in [6, 6.07) is 3.26. The summed E-state index contributed by atoms with van der Waals surface area (Å²) in [7, 11) is 0. The van der Waals surface area contributed by atoms with E-state index < -0.39 is 0 Å². The summed E-state index contributed by atoms with van der Waals surface area (Å²) in [5.41, 5.74) is 7.45. The third-order valence-corrected chi connectivity index (χ3v) is 3.81. The highest BCUT2D eigenvalue weighted by atomic mass is 127. The number of nitrogens with zero attached hydrogens (tertiary/aromatic N) is 2. The fraction of sp³-hybridized carbons (Fsp3) is 0.462. The van der Waals surface area contributed by atoms with E-state index in [-0.39, 0.29) is 5.82 Å². The van der Waals surface area contributed by atoms with Crippen LogP contribution < -0.4 is 5.73 Å². The number of aromatic nitrogens is 2. The number of hydrogen-bond donors (Lipinski definition) is 1. The molecular formula is C13H17FIN3. The molecule has 2 N–H and O–H groups in total. The van der Waals surface area contributed by atoms with Crippen molar-refractivity contribution in [2.45, 2.75) is 33.2 Å². The van der Waals surface area contributed by atoms with Gasteiger partial charge in [0.15, 0.2) is 0 Å². The number of halogens is 2. The first-order valence-corrected chi connectivity index (χ1v) is 7.17. The highest BCUT2D eigenvalue weighted by molar-refractivity contribution is 14.1. The molecule has 0 atom stereocenters. The predicted octanol–water partition coefficient (Wildman–Crippen LogP) is 3.80. The molecule has 0 aliphatic heterocycles. The molecule has 0 fully saturated rings. The van der Waals surface area contributed by atoms with Gasteiger partial charge < -0.3 is 10.3 Å². The highest BCUT2D eigenvalue weighted by Gasteiger charge is 2.11. The minimum atomic E-state index is -0.215. The van der Waals surface area contributed by atoms with E-state index in [9.17, 15) is 4.39 Å². The number of anilines is 1. The summed E-state index contributed by atoms with van der Waals surface area (Å²) in [6.07, 6.45) is 2.16. The number of imidazole rings is 1. The quantitative estimate of drug-likeness (QED) is 0.842. The maximum absolute atomic E-state index is 13.6. The lowest BCUT2D eigenvalue weighted by Crippen LogP contribution is -2.04. The summed E-state index contributed by atoms with van der Waals surface area (Å²) in [5.74, 6) is 0.918. The average molecular weight is 361 g/mol. The fourth-order valence-electron chi connectivity index (χ4n) is 2.03. The van der Waals surface area contributed by atoms with Crippen molar-refractivity contribution < 1.29 is 4.39 Å². The van der Waals surface area contributed by atoms with Gasteiger partial charge in [0.2, 0.25) is 5.95 Å². The first kappa shape index (κ1) is 13.6. The molecule has 2 aromatic rings. The molecule has 2 rings (SSSR count). The van der Waals surface area contributed by atoms with Crippen molar-refractivity contribution in [3.05, 3.63) is 21.5 Å². The number of aryl methyl sites for hydroxylation is 1. The Morgan fingerprint density at radius 3 is 2.83 bits per heavy atom. The SMILES string of the molecule is CC(C)CCCn1c(N)nc2cc(I)c(F)cc21. The maximum atomic E-state index is 13.6. The summed E-state index contributed by atoms with van der Waals surface area (Å²) in [6.45, 7) is 5.18. The monoisotopic (exact) mass is 361 g/mol. The Labute approximate surface area is 120 Å². The highest BCUT2D eigenvalue weighted by Crippen LogP contribution is 2.23. The van der Waals surface area contributed by atoms with Crippen LogP contribution in [0.15, 0.2) is 12.1 Å². The Morgan fingerprint density at radius 1 is 1.44 bits per heavy atom. The zero-order chi connectivity index (χ0) is 13.3. The van der Waals surface area contributed by atoms with Crippen LogP contribution in [0, 0.1) is 15.3 Å². The molecule has 0 saturated heterocycles. The van der Waals surface area contributed by atoms with Crippen molar-refractivity contribution in [3.8, 4) is 0 Å². The van der Waals surface area contributed by atoms with Crippen LogP contribution in [-0.4, -0.2) is 9.55 Å². The van der Waals surface area contributed by atoms with Gasteiger partial charge in [0, 0.05) is 12.6 Å². The molecule has 5 heteroatoms. The molecular weight excluding hydrogens is 344 g/mol. The molecule has 1 heterocycles. The first-order valence-electron chi connectivity index (χ1n) is 6.09. The van der Waals surface area contributed by atoms with Gasteiger partial charge in [-0.15, -0.1) is 0 Å². The number of hydrogen-bond acceptors (Lipinski definition) is 2. The summed E-state index contributed by atoms with van der Waals surface area (Å²) in [5, 5.41) is 0. The Bertz CT molecular complexity index is 563. The van der Waals surface area contributed by atoms with Gasteiger partial charge in [0.05, 0.1) is 14.6 Å². The number of fused-ring (bicyclic) bond motifs is 1. The molecule has 0 bridgehead atoms. The van der Waals surface area contributed by atoms with Gasteiger partial charge in [-0.05, 0) is 47.4 Å². The van der Waals surface area contributed by atoms with Crippen LogP contribution >= 0.6 is 22.6 Å². The van der Waals surface area contributed by atoms with Crippen LogP contribution in [0.3, 0.4) is 0 Å². The van der Waals surface area contributed by atoms with E-state index in [1.54, 1.807) is 6.07 Å². The van der Waals surface area contributed by atoms with Gasteiger partial charge in [-0.25, -0.2) is 9.37 Å². The van der Waals surface area contributed by atoms with Crippen molar-refractivity contribution in [1.29, 1.82) is 0 Å². The van der Waals surface area contributed by atoms with E-state index in [2.05, 4.69) is 18.8 Å². The Morgan fingerprint density at radius 2 is 2.17 bits per heavy atom. The molecule has 0 saturated carbocycles. The molecule has 18 heavy (non-hydrogen) atoms. The van der Waals surface area contributed by atoms with Crippen molar-refractivity contribution in [3.63, 3.8) is 0 Å². The van der Waals surface area contributed by atoms with Gasteiger partial charge in [-0.2, -0.15) is 0 Å². The van der Waals surface area contributed by atoms with Crippen LogP contribution in [0.5, 0.6) is 0 Å². The lowest BCUT2D eigenvalue weighted by Gasteiger charge is -2.08. The lowest BCUT2D eigenvalue weighted by molar-refractivity contribution is 0.518. The number of benzene rings is 1. The molecule has 0 aliphatic carbocycles. The summed E-state index contributed by atoms with van der Waals surface area (Å²) >= 11 is 1.97. The molecule has 98 valence electrons. The van der Waals surface area contributed by atoms with Gasteiger partial charge >= 0.3 is 0 Å². The zero-order valence-electron chi connectivity index (χ0n) is 10.6. The number of rotatable bonds is 4. The van der Waals surface area contributed by atoms with E-state index in [4.69, 9.17) is 5.73 Å². The molecule has 0 radical (unpaired) electrons. The van der Waals surface area contributed by atoms with E-state index >= 15 is 0 Å². The third-order valence-electron chi connectivity index (χ3n) is 2.98. The predicted molar refractivity (Wildman–Crippen MR) is 80.9 cm³/mol. The van der Waals surface area contributed by atoms with Crippen LogP contribution in [0.2, 0.25) is 0 Å². The molecule has 0 aliphatic rings. The average Bonchev–Trinajstić information content (AvgIpc) is 2.56. The first-order chi connectivity index (χ1) is 8.49. The van der Waals surface area contributed by atoms with E-state index in [1.165, 1.54) is 6.07 Å². The molecule has 3 nitrogen and oxygen atoms in total. The normalized spacial score (nSPS) is 11.6. The van der Waals surface area contributed by atoms with Gasteiger partial charge in [0.25, 0.3) is 0 Å². The number of nitrogen functional groups attached to an aromatic ring is 1. The minimum Gasteiger partial charge on any atom is -0.369 e. The topological polar surface area (TPSA) is 43.8 Å². The third kappa shape index (κ3) is 2.76. The van der Waals surface area contributed by atoms with Gasteiger partial charge in [-0.1, -0.05) is 13.8 Å². The van der Waals surface area contributed by atoms with E-state index in [0.29, 0.717) is 15.4 Å². The van der Waals surface area contributed by atoms with Crippen molar-refractivity contribution >= 4 is 39.6 Å². The van der Waals surface area contributed by atoms with Crippen LogP contribution in [0.4, 0.5) is 10.3 Å². The largest absolute Gasteiger partial charge is 0.369 e. The molecule has 1 aromatic carbocycles. The smallest absolute Gasteiger partial charge is 0.201 e. The Balaban J connectivity index is 2.31. The second-order valence-electron chi connectivity index (χ2n) is 4.91. The Hall–Kier alpha value is -0.850. The minimum absolute atomic E-state index is 0.215. The molecule has 0 spiro atoms. The van der Waals surface area contributed by atoms with Gasteiger partial charge in [0.1, 0.15) is 5.82 Å². The van der Waals surface area contributed by atoms with Crippen LogP contribution in [-0.2, 0) is 6.54 Å². The standard InChI is InChI=1S/C13H17FIN3/c1-8(2)4-3-5-18-12-6-9(14)10(15)7-11(12)17-13(18)16/h6-8H,3-5H2,1-2H3,(H2,16,17). The summed E-state index contributed by atoms with van der Waals surface area (Å²) < 4.78 is 16.1. The second kappa shape index (κ2) is 5.42.